The molecule has 1 aromatic heterocycles. The molecule has 0 fully saturated rings. The maximum atomic E-state index is 11.4. The first-order valence-electron chi connectivity index (χ1n) is 6.52. The molecule has 0 saturated carbocycles. The van der Waals surface area contributed by atoms with E-state index in [2.05, 4.69) is 10.3 Å². The summed E-state index contributed by atoms with van der Waals surface area (Å²) in [6.45, 7) is 3.08. The van der Waals surface area contributed by atoms with Crippen molar-refractivity contribution in [1.29, 1.82) is 0 Å². The molecule has 5 nitrogen and oxygen atoms in total. The number of aryl methyl sites for hydroxylation is 1. The molecule has 0 spiro atoms. The fourth-order valence-corrected chi connectivity index (χ4v) is 1.90. The van der Waals surface area contributed by atoms with Gasteiger partial charge in [0, 0.05) is 19.4 Å². The van der Waals surface area contributed by atoms with Gasteiger partial charge in [-0.05, 0) is 31.5 Å². The number of fused-ring (bicyclic) bond motifs is 1. The Bertz CT molecular complexity index is 569. The average molecular weight is 298 g/mol. The van der Waals surface area contributed by atoms with Crippen molar-refractivity contribution < 1.29 is 9.21 Å². The van der Waals surface area contributed by atoms with Gasteiger partial charge in [-0.3, -0.25) is 4.79 Å². The van der Waals surface area contributed by atoms with Gasteiger partial charge in [0.1, 0.15) is 5.52 Å². The van der Waals surface area contributed by atoms with Crippen LogP contribution in [0.1, 0.15) is 24.3 Å². The molecule has 3 N–H and O–H groups in total. The number of amides is 1. The van der Waals surface area contributed by atoms with Gasteiger partial charge >= 0.3 is 0 Å². The standard InChI is InChI=1S/C14H19N3O2.ClH/c1-10-4-2-5-11-14(10)17-13(19-11)7-9-16-12(18)6-3-8-15;/h2,4-5H,3,6-9,15H2,1H3,(H,16,18);1H. The molecule has 0 unspecified atom stereocenters. The van der Waals surface area contributed by atoms with Crippen LogP contribution in [0.3, 0.4) is 0 Å². The summed E-state index contributed by atoms with van der Waals surface area (Å²) in [4.78, 5) is 15.8. The van der Waals surface area contributed by atoms with Crippen LogP contribution < -0.4 is 11.1 Å². The highest BCUT2D eigenvalue weighted by atomic mass is 35.5. The summed E-state index contributed by atoms with van der Waals surface area (Å²) in [6, 6.07) is 5.85. The number of nitrogens with one attached hydrogen (secondary N) is 1. The van der Waals surface area contributed by atoms with Crippen LogP contribution in [0, 0.1) is 6.92 Å². The highest BCUT2D eigenvalue weighted by molar-refractivity contribution is 5.85. The number of carbonyl (C=O) groups excluding carboxylic acids is 1. The number of carbonyl (C=O) groups is 1. The largest absolute Gasteiger partial charge is 0.441 e. The van der Waals surface area contributed by atoms with Gasteiger partial charge in [-0.2, -0.15) is 0 Å². The number of oxazole rings is 1. The zero-order chi connectivity index (χ0) is 13.7. The Hall–Kier alpha value is -1.59. The highest BCUT2D eigenvalue weighted by Gasteiger charge is 2.07. The third-order valence-electron chi connectivity index (χ3n) is 2.93. The van der Waals surface area contributed by atoms with Gasteiger partial charge in [-0.25, -0.2) is 4.98 Å². The summed E-state index contributed by atoms with van der Waals surface area (Å²) < 4.78 is 5.63. The lowest BCUT2D eigenvalue weighted by Gasteiger charge is -2.02. The smallest absolute Gasteiger partial charge is 0.220 e. The van der Waals surface area contributed by atoms with Crippen LogP contribution in [0.25, 0.3) is 11.1 Å². The van der Waals surface area contributed by atoms with E-state index < -0.39 is 0 Å². The summed E-state index contributed by atoms with van der Waals surface area (Å²) in [5.74, 6) is 0.682. The molecule has 20 heavy (non-hydrogen) atoms. The average Bonchev–Trinajstić information content (AvgIpc) is 2.81. The van der Waals surface area contributed by atoms with Crippen molar-refractivity contribution in [3.05, 3.63) is 29.7 Å². The summed E-state index contributed by atoms with van der Waals surface area (Å²) in [7, 11) is 0. The van der Waals surface area contributed by atoms with E-state index in [1.54, 1.807) is 0 Å². The van der Waals surface area contributed by atoms with Crippen LogP contribution in [0.15, 0.2) is 22.6 Å². The number of aromatic nitrogens is 1. The SMILES string of the molecule is Cc1cccc2oc(CCNC(=O)CCCN)nc12.Cl. The van der Waals surface area contributed by atoms with Gasteiger partial charge in [0.2, 0.25) is 5.91 Å². The Balaban J connectivity index is 0.00000200. The first kappa shape index (κ1) is 16.5. The Labute approximate surface area is 124 Å². The number of benzene rings is 1. The van der Waals surface area contributed by atoms with Crippen molar-refractivity contribution in [3.8, 4) is 0 Å². The predicted octanol–water partition coefficient (Wildman–Crippen LogP) is 1.96. The lowest BCUT2D eigenvalue weighted by Crippen LogP contribution is -2.26. The highest BCUT2D eigenvalue weighted by Crippen LogP contribution is 2.18. The Morgan fingerprint density at radius 2 is 2.25 bits per heavy atom. The van der Waals surface area contributed by atoms with Crippen molar-refractivity contribution >= 4 is 29.4 Å². The van der Waals surface area contributed by atoms with Crippen LogP contribution in [0.4, 0.5) is 0 Å². The van der Waals surface area contributed by atoms with E-state index in [1.807, 2.05) is 25.1 Å². The number of para-hydroxylation sites is 1. The van der Waals surface area contributed by atoms with E-state index in [0.29, 0.717) is 38.2 Å². The lowest BCUT2D eigenvalue weighted by molar-refractivity contribution is -0.121. The zero-order valence-corrected chi connectivity index (χ0v) is 12.3. The second-order valence-electron chi connectivity index (χ2n) is 4.52. The maximum Gasteiger partial charge on any atom is 0.220 e. The lowest BCUT2D eigenvalue weighted by atomic mass is 10.2. The van der Waals surface area contributed by atoms with E-state index >= 15 is 0 Å². The number of nitrogens with two attached hydrogens (primary N) is 1. The Kier molecular flexibility index (Phi) is 6.48. The Morgan fingerprint density at radius 3 is 2.95 bits per heavy atom. The molecule has 0 bridgehead atoms. The molecule has 6 heteroatoms. The second-order valence-corrected chi connectivity index (χ2v) is 4.52. The van der Waals surface area contributed by atoms with Crippen molar-refractivity contribution in [3.63, 3.8) is 0 Å². The number of halogens is 1. The molecule has 0 aliphatic carbocycles. The molecule has 110 valence electrons. The quantitative estimate of drug-likeness (QED) is 0.854. The fraction of sp³-hybridized carbons (Fsp3) is 0.429. The number of nitrogens with zero attached hydrogens (tertiary/aromatic N) is 1. The normalized spacial score (nSPS) is 10.3. The molecular weight excluding hydrogens is 278 g/mol. The third-order valence-corrected chi connectivity index (χ3v) is 2.93. The summed E-state index contributed by atoms with van der Waals surface area (Å²) in [6.07, 6.45) is 1.79. The van der Waals surface area contributed by atoms with Crippen molar-refractivity contribution in [2.75, 3.05) is 13.1 Å². The molecular formula is C14H20ClN3O2. The van der Waals surface area contributed by atoms with Crippen LogP contribution >= 0.6 is 12.4 Å². The summed E-state index contributed by atoms with van der Waals surface area (Å²) in [5, 5.41) is 2.83. The topological polar surface area (TPSA) is 81.2 Å². The second kappa shape index (κ2) is 7.87. The van der Waals surface area contributed by atoms with E-state index in [9.17, 15) is 4.79 Å². The van der Waals surface area contributed by atoms with E-state index in [0.717, 1.165) is 16.7 Å². The maximum absolute atomic E-state index is 11.4. The predicted molar refractivity (Wildman–Crippen MR) is 81.0 cm³/mol. The third kappa shape index (κ3) is 4.21. The van der Waals surface area contributed by atoms with Gasteiger partial charge < -0.3 is 15.5 Å². The number of hydrogen-bond donors (Lipinski definition) is 2. The minimum atomic E-state index is 0. The van der Waals surface area contributed by atoms with Gasteiger partial charge in [0.15, 0.2) is 11.5 Å². The number of rotatable bonds is 6. The monoisotopic (exact) mass is 297 g/mol. The minimum Gasteiger partial charge on any atom is -0.441 e. The molecule has 0 saturated heterocycles. The molecule has 1 heterocycles. The molecule has 0 aliphatic rings. The van der Waals surface area contributed by atoms with Gasteiger partial charge in [-0.15, -0.1) is 12.4 Å². The van der Waals surface area contributed by atoms with Crippen molar-refractivity contribution in [2.45, 2.75) is 26.2 Å². The molecule has 2 rings (SSSR count). The van der Waals surface area contributed by atoms with Gasteiger partial charge in [0.05, 0.1) is 0 Å². The number of hydrogen-bond acceptors (Lipinski definition) is 4. The van der Waals surface area contributed by atoms with Crippen LogP contribution in [0.5, 0.6) is 0 Å². The molecule has 0 radical (unpaired) electrons. The van der Waals surface area contributed by atoms with E-state index in [-0.39, 0.29) is 18.3 Å². The minimum absolute atomic E-state index is 0. The van der Waals surface area contributed by atoms with Gasteiger partial charge in [0.25, 0.3) is 0 Å². The van der Waals surface area contributed by atoms with Crippen LogP contribution in [-0.2, 0) is 11.2 Å². The Morgan fingerprint density at radius 1 is 1.45 bits per heavy atom. The fourth-order valence-electron chi connectivity index (χ4n) is 1.90. The zero-order valence-electron chi connectivity index (χ0n) is 11.5. The first-order valence-corrected chi connectivity index (χ1v) is 6.52. The molecule has 1 aromatic carbocycles. The van der Waals surface area contributed by atoms with E-state index in [1.165, 1.54) is 0 Å². The van der Waals surface area contributed by atoms with Crippen molar-refractivity contribution in [1.82, 2.24) is 10.3 Å². The van der Waals surface area contributed by atoms with Crippen molar-refractivity contribution in [2.24, 2.45) is 5.73 Å². The van der Waals surface area contributed by atoms with Gasteiger partial charge in [-0.1, -0.05) is 12.1 Å². The van der Waals surface area contributed by atoms with E-state index in [4.69, 9.17) is 10.2 Å². The van der Waals surface area contributed by atoms with Crippen LogP contribution in [0.2, 0.25) is 0 Å². The molecule has 1 amide bonds. The first-order chi connectivity index (χ1) is 9.20. The molecule has 2 aromatic rings. The summed E-state index contributed by atoms with van der Waals surface area (Å²) in [5.41, 5.74) is 8.14. The molecule has 0 atom stereocenters. The van der Waals surface area contributed by atoms with Crippen LogP contribution in [-0.4, -0.2) is 24.0 Å². The summed E-state index contributed by atoms with van der Waals surface area (Å²) >= 11 is 0. The molecule has 0 aliphatic heterocycles.